The molecule has 3 heteroatoms. The summed E-state index contributed by atoms with van der Waals surface area (Å²) >= 11 is 0. The summed E-state index contributed by atoms with van der Waals surface area (Å²) in [4.78, 5) is 13.9. The minimum absolute atomic E-state index is 0.107. The molecule has 3 nitrogen and oxygen atoms in total. The third-order valence-corrected chi connectivity index (χ3v) is 2.79. The van der Waals surface area contributed by atoms with Gasteiger partial charge in [0.25, 0.3) is 5.91 Å². The molecule has 1 amide bonds. The molecule has 0 aliphatic heterocycles. The molecule has 1 rings (SSSR count). The molecule has 0 unspecified atom stereocenters. The lowest BCUT2D eigenvalue weighted by Gasteiger charge is -2.19. The Morgan fingerprint density at radius 2 is 1.94 bits per heavy atom. The Bertz CT molecular complexity index is 370. The summed E-state index contributed by atoms with van der Waals surface area (Å²) in [6.07, 6.45) is 0. The molecule has 0 fully saturated rings. The van der Waals surface area contributed by atoms with Gasteiger partial charge >= 0.3 is 0 Å². The van der Waals surface area contributed by atoms with E-state index in [0.29, 0.717) is 0 Å². The fourth-order valence-electron chi connectivity index (χ4n) is 1.77. The van der Waals surface area contributed by atoms with Gasteiger partial charge in [0, 0.05) is 31.4 Å². The van der Waals surface area contributed by atoms with Crippen LogP contribution in [0.4, 0.5) is 5.69 Å². The first-order valence-corrected chi connectivity index (χ1v) is 5.71. The first-order chi connectivity index (χ1) is 7.63. The van der Waals surface area contributed by atoms with E-state index < -0.39 is 0 Å². The topological polar surface area (TPSA) is 32.3 Å². The Hall–Kier alpha value is -1.51. The van der Waals surface area contributed by atoms with E-state index in [1.54, 1.807) is 0 Å². The van der Waals surface area contributed by atoms with Crippen LogP contribution in [0.2, 0.25) is 0 Å². The van der Waals surface area contributed by atoms with Crippen LogP contribution in [0, 0.1) is 6.92 Å². The van der Waals surface area contributed by atoms with Gasteiger partial charge in [0.05, 0.1) is 0 Å². The quantitative estimate of drug-likeness (QED) is 0.845. The molecular formula is C13H20N2O. The molecule has 1 aromatic carbocycles. The standard InChI is InChI=1S/C13H20N2O/c1-5-15(6-2)13(16)11-7-8-12(14-4)10(3)9-11/h7-9,14H,5-6H2,1-4H3. The number of hydrogen-bond donors (Lipinski definition) is 1. The maximum Gasteiger partial charge on any atom is 0.253 e. The minimum atomic E-state index is 0.107. The maximum absolute atomic E-state index is 12.1. The SMILES string of the molecule is CCN(CC)C(=O)c1ccc(NC)c(C)c1. The molecule has 0 atom stereocenters. The summed E-state index contributed by atoms with van der Waals surface area (Å²) in [5.74, 6) is 0.107. The number of nitrogens with one attached hydrogen (secondary N) is 1. The highest BCUT2D eigenvalue weighted by Gasteiger charge is 2.12. The van der Waals surface area contributed by atoms with Crippen molar-refractivity contribution in [2.45, 2.75) is 20.8 Å². The monoisotopic (exact) mass is 220 g/mol. The molecule has 1 aromatic rings. The van der Waals surface area contributed by atoms with E-state index in [1.165, 1.54) is 0 Å². The number of carbonyl (C=O) groups is 1. The molecule has 88 valence electrons. The van der Waals surface area contributed by atoms with Crippen LogP contribution >= 0.6 is 0 Å². The first-order valence-electron chi connectivity index (χ1n) is 5.71. The predicted molar refractivity (Wildman–Crippen MR) is 68.0 cm³/mol. The van der Waals surface area contributed by atoms with Gasteiger partial charge in [0.15, 0.2) is 0 Å². The van der Waals surface area contributed by atoms with Gasteiger partial charge < -0.3 is 10.2 Å². The van der Waals surface area contributed by atoms with Crippen LogP contribution in [-0.2, 0) is 0 Å². The average molecular weight is 220 g/mol. The fraction of sp³-hybridized carbons (Fsp3) is 0.462. The van der Waals surface area contributed by atoms with Crippen LogP contribution in [0.25, 0.3) is 0 Å². The van der Waals surface area contributed by atoms with Gasteiger partial charge in [-0.1, -0.05) is 0 Å². The number of hydrogen-bond acceptors (Lipinski definition) is 2. The third kappa shape index (κ3) is 2.54. The van der Waals surface area contributed by atoms with Crippen molar-refractivity contribution >= 4 is 11.6 Å². The average Bonchev–Trinajstić information content (AvgIpc) is 2.30. The van der Waals surface area contributed by atoms with Crippen LogP contribution in [0.3, 0.4) is 0 Å². The summed E-state index contributed by atoms with van der Waals surface area (Å²) in [7, 11) is 1.88. The molecule has 16 heavy (non-hydrogen) atoms. The molecule has 0 aliphatic rings. The van der Waals surface area contributed by atoms with Gasteiger partial charge in [-0.05, 0) is 44.5 Å². The van der Waals surface area contributed by atoms with Crippen molar-refractivity contribution in [2.75, 3.05) is 25.5 Å². The molecule has 0 bridgehead atoms. The second-order valence-corrected chi connectivity index (χ2v) is 3.76. The van der Waals surface area contributed by atoms with Gasteiger partial charge in [-0.2, -0.15) is 0 Å². The van der Waals surface area contributed by atoms with Crippen LogP contribution in [0.15, 0.2) is 18.2 Å². The van der Waals surface area contributed by atoms with E-state index in [2.05, 4.69) is 5.32 Å². The van der Waals surface area contributed by atoms with Crippen molar-refractivity contribution in [1.82, 2.24) is 4.90 Å². The van der Waals surface area contributed by atoms with Crippen LogP contribution in [0.5, 0.6) is 0 Å². The van der Waals surface area contributed by atoms with Crippen molar-refractivity contribution < 1.29 is 4.79 Å². The summed E-state index contributed by atoms with van der Waals surface area (Å²) in [6, 6.07) is 5.76. The van der Waals surface area contributed by atoms with Crippen molar-refractivity contribution in [3.63, 3.8) is 0 Å². The normalized spacial score (nSPS) is 10.0. The lowest BCUT2D eigenvalue weighted by Crippen LogP contribution is -2.30. The zero-order chi connectivity index (χ0) is 12.1. The van der Waals surface area contributed by atoms with Crippen molar-refractivity contribution in [3.05, 3.63) is 29.3 Å². The van der Waals surface area contributed by atoms with E-state index >= 15 is 0 Å². The molecule has 0 saturated heterocycles. The lowest BCUT2D eigenvalue weighted by molar-refractivity contribution is 0.0773. The number of nitrogens with zero attached hydrogens (tertiary/aromatic N) is 1. The largest absolute Gasteiger partial charge is 0.388 e. The Labute approximate surface area is 97.5 Å². The van der Waals surface area contributed by atoms with Gasteiger partial charge in [-0.15, -0.1) is 0 Å². The smallest absolute Gasteiger partial charge is 0.253 e. The zero-order valence-corrected chi connectivity index (χ0v) is 10.5. The van der Waals surface area contributed by atoms with E-state index in [-0.39, 0.29) is 5.91 Å². The molecule has 0 aromatic heterocycles. The summed E-state index contributed by atoms with van der Waals surface area (Å²) in [5.41, 5.74) is 2.93. The van der Waals surface area contributed by atoms with Crippen LogP contribution in [-0.4, -0.2) is 30.9 Å². The molecule has 0 spiro atoms. The molecule has 0 radical (unpaired) electrons. The molecule has 0 aliphatic carbocycles. The number of carbonyl (C=O) groups excluding carboxylic acids is 1. The fourth-order valence-corrected chi connectivity index (χ4v) is 1.77. The highest BCUT2D eigenvalue weighted by molar-refractivity contribution is 5.94. The van der Waals surface area contributed by atoms with Gasteiger partial charge in [-0.25, -0.2) is 0 Å². The lowest BCUT2D eigenvalue weighted by atomic mass is 10.1. The number of rotatable bonds is 4. The second kappa shape index (κ2) is 5.54. The van der Waals surface area contributed by atoms with Crippen molar-refractivity contribution in [3.8, 4) is 0 Å². The molecule has 0 heterocycles. The minimum Gasteiger partial charge on any atom is -0.388 e. The third-order valence-electron chi connectivity index (χ3n) is 2.79. The van der Waals surface area contributed by atoms with E-state index in [0.717, 1.165) is 29.9 Å². The van der Waals surface area contributed by atoms with Crippen molar-refractivity contribution in [2.24, 2.45) is 0 Å². The summed E-state index contributed by atoms with van der Waals surface area (Å²) in [6.45, 7) is 7.50. The van der Waals surface area contributed by atoms with E-state index in [1.807, 2.05) is 50.9 Å². The number of benzene rings is 1. The Balaban J connectivity index is 2.96. The van der Waals surface area contributed by atoms with Gasteiger partial charge in [-0.3, -0.25) is 4.79 Å². The van der Waals surface area contributed by atoms with E-state index in [4.69, 9.17) is 0 Å². The maximum atomic E-state index is 12.1. The van der Waals surface area contributed by atoms with Gasteiger partial charge in [0.2, 0.25) is 0 Å². The summed E-state index contributed by atoms with van der Waals surface area (Å²) < 4.78 is 0. The van der Waals surface area contributed by atoms with Gasteiger partial charge in [0.1, 0.15) is 0 Å². The van der Waals surface area contributed by atoms with E-state index in [9.17, 15) is 4.79 Å². The van der Waals surface area contributed by atoms with Crippen molar-refractivity contribution in [1.29, 1.82) is 0 Å². The Morgan fingerprint density at radius 1 is 1.31 bits per heavy atom. The number of aryl methyl sites for hydroxylation is 1. The number of anilines is 1. The number of amides is 1. The second-order valence-electron chi connectivity index (χ2n) is 3.76. The van der Waals surface area contributed by atoms with Crippen LogP contribution < -0.4 is 5.32 Å². The predicted octanol–water partition coefficient (Wildman–Crippen LogP) is 2.52. The highest BCUT2D eigenvalue weighted by Crippen LogP contribution is 2.16. The Morgan fingerprint density at radius 3 is 2.38 bits per heavy atom. The summed E-state index contributed by atoms with van der Waals surface area (Å²) in [5, 5.41) is 3.09. The Kier molecular flexibility index (Phi) is 4.35. The molecular weight excluding hydrogens is 200 g/mol. The molecule has 0 saturated carbocycles. The first kappa shape index (κ1) is 12.6. The highest BCUT2D eigenvalue weighted by atomic mass is 16.2. The van der Waals surface area contributed by atoms with Crippen LogP contribution in [0.1, 0.15) is 29.8 Å². The zero-order valence-electron chi connectivity index (χ0n) is 10.5. The molecule has 1 N–H and O–H groups in total.